The Morgan fingerprint density at radius 3 is 2.52 bits per heavy atom. The van der Waals surface area contributed by atoms with Crippen molar-refractivity contribution in [2.45, 2.75) is 39.5 Å². The van der Waals surface area contributed by atoms with Gasteiger partial charge in [-0.25, -0.2) is 4.79 Å². The van der Waals surface area contributed by atoms with Gasteiger partial charge in [-0.15, -0.1) is 11.3 Å². The van der Waals surface area contributed by atoms with Crippen molar-refractivity contribution in [1.29, 1.82) is 0 Å². The Bertz CT molecular complexity index is 858. The lowest BCUT2D eigenvalue weighted by molar-refractivity contribution is -0.116. The molecule has 1 N–H and O–H groups in total. The third-order valence-electron chi connectivity index (χ3n) is 5.05. The SMILES string of the molecule is CCOC(=O)c1c(NC(=O)CCN2CCCCC2)sc(C)c1-c1ccc(Cl)cc1. The summed E-state index contributed by atoms with van der Waals surface area (Å²) in [5, 5.41) is 4.14. The Labute approximate surface area is 181 Å². The maximum atomic E-state index is 12.7. The van der Waals surface area contributed by atoms with Gasteiger partial charge in [0.1, 0.15) is 10.6 Å². The Morgan fingerprint density at radius 2 is 1.86 bits per heavy atom. The summed E-state index contributed by atoms with van der Waals surface area (Å²) in [5.74, 6) is -0.502. The monoisotopic (exact) mass is 434 g/mol. The Morgan fingerprint density at radius 1 is 1.17 bits per heavy atom. The molecule has 1 fully saturated rings. The number of hydrogen-bond donors (Lipinski definition) is 1. The number of aryl methyl sites for hydroxylation is 1. The smallest absolute Gasteiger partial charge is 0.341 e. The average Bonchev–Trinajstić information content (AvgIpc) is 3.03. The first-order valence-electron chi connectivity index (χ1n) is 10.1. The van der Waals surface area contributed by atoms with E-state index in [9.17, 15) is 9.59 Å². The van der Waals surface area contributed by atoms with Crippen LogP contribution >= 0.6 is 22.9 Å². The molecule has 0 saturated carbocycles. The minimum atomic E-state index is -0.423. The van der Waals surface area contributed by atoms with Crippen LogP contribution in [0.4, 0.5) is 5.00 Å². The molecule has 0 atom stereocenters. The second-order valence-electron chi connectivity index (χ2n) is 7.17. The number of piperidine rings is 1. The lowest BCUT2D eigenvalue weighted by Crippen LogP contribution is -2.32. The van der Waals surface area contributed by atoms with Crippen molar-refractivity contribution in [1.82, 2.24) is 4.90 Å². The maximum Gasteiger partial charge on any atom is 0.341 e. The summed E-state index contributed by atoms with van der Waals surface area (Å²) < 4.78 is 5.29. The van der Waals surface area contributed by atoms with E-state index in [4.69, 9.17) is 16.3 Å². The van der Waals surface area contributed by atoms with Gasteiger partial charge in [-0.05, 0) is 57.5 Å². The fourth-order valence-corrected chi connectivity index (χ4v) is 4.83. The standard InChI is InChI=1S/C22H27ClN2O3S/c1-3-28-22(27)20-19(16-7-9-17(23)10-8-16)15(2)29-21(20)24-18(26)11-14-25-12-5-4-6-13-25/h7-10H,3-6,11-14H2,1-2H3,(H,24,26). The van der Waals surface area contributed by atoms with Gasteiger partial charge in [0, 0.05) is 28.4 Å². The number of amides is 1. The zero-order valence-corrected chi connectivity index (χ0v) is 18.5. The van der Waals surface area contributed by atoms with Gasteiger partial charge in [-0.2, -0.15) is 0 Å². The van der Waals surface area contributed by atoms with Crippen LogP contribution in [0.2, 0.25) is 5.02 Å². The molecule has 1 aromatic heterocycles. The van der Waals surface area contributed by atoms with Gasteiger partial charge in [0.25, 0.3) is 0 Å². The van der Waals surface area contributed by atoms with Crippen LogP contribution < -0.4 is 5.32 Å². The number of nitrogens with zero attached hydrogens (tertiary/aromatic N) is 1. The largest absolute Gasteiger partial charge is 0.462 e. The molecule has 5 nitrogen and oxygen atoms in total. The summed E-state index contributed by atoms with van der Waals surface area (Å²) in [7, 11) is 0. The zero-order chi connectivity index (χ0) is 20.8. The topological polar surface area (TPSA) is 58.6 Å². The maximum absolute atomic E-state index is 12.7. The molecule has 0 bridgehead atoms. The first-order chi connectivity index (χ1) is 14.0. The molecule has 29 heavy (non-hydrogen) atoms. The molecule has 0 unspecified atom stereocenters. The third-order valence-corrected chi connectivity index (χ3v) is 6.33. The minimum absolute atomic E-state index is 0.0787. The Hall–Kier alpha value is -1.89. The van der Waals surface area contributed by atoms with Gasteiger partial charge in [-0.3, -0.25) is 4.79 Å². The summed E-state index contributed by atoms with van der Waals surface area (Å²) in [6.45, 7) is 6.85. The van der Waals surface area contributed by atoms with Crippen molar-refractivity contribution in [3.8, 4) is 11.1 Å². The lowest BCUT2D eigenvalue weighted by Gasteiger charge is -2.25. The minimum Gasteiger partial charge on any atom is -0.462 e. The van der Waals surface area contributed by atoms with Gasteiger partial charge in [0.2, 0.25) is 5.91 Å². The number of carbonyl (C=O) groups excluding carboxylic acids is 2. The number of likely N-dealkylation sites (tertiary alicyclic amines) is 1. The molecule has 1 saturated heterocycles. The molecule has 0 radical (unpaired) electrons. The van der Waals surface area contributed by atoms with Crippen LogP contribution in [0.5, 0.6) is 0 Å². The van der Waals surface area contributed by atoms with Gasteiger partial charge in [0.05, 0.1) is 6.61 Å². The first kappa shape index (κ1) is 21.8. The van der Waals surface area contributed by atoms with Crippen LogP contribution in [-0.4, -0.2) is 43.0 Å². The molecule has 1 aliphatic rings. The number of carbonyl (C=O) groups is 2. The second kappa shape index (κ2) is 10.2. The van der Waals surface area contributed by atoms with Crippen molar-refractivity contribution in [2.75, 3.05) is 31.6 Å². The van der Waals surface area contributed by atoms with Crippen LogP contribution in [0, 0.1) is 6.92 Å². The highest BCUT2D eigenvalue weighted by atomic mass is 35.5. The van der Waals surface area contributed by atoms with Gasteiger partial charge in [-0.1, -0.05) is 30.2 Å². The Kier molecular flexibility index (Phi) is 7.70. The molecular weight excluding hydrogens is 408 g/mol. The first-order valence-corrected chi connectivity index (χ1v) is 11.3. The number of ether oxygens (including phenoxy) is 1. The number of hydrogen-bond acceptors (Lipinski definition) is 5. The van der Waals surface area contributed by atoms with Crippen molar-refractivity contribution in [2.24, 2.45) is 0 Å². The molecule has 0 aliphatic carbocycles. The van der Waals surface area contributed by atoms with E-state index in [-0.39, 0.29) is 12.5 Å². The number of anilines is 1. The fraction of sp³-hybridized carbons (Fsp3) is 0.455. The average molecular weight is 435 g/mol. The molecule has 1 aromatic carbocycles. The van der Waals surface area contributed by atoms with Gasteiger partial charge in [0.15, 0.2) is 0 Å². The number of nitrogens with one attached hydrogen (secondary N) is 1. The van der Waals surface area contributed by atoms with E-state index in [1.807, 2.05) is 19.1 Å². The zero-order valence-electron chi connectivity index (χ0n) is 16.9. The quantitative estimate of drug-likeness (QED) is 0.595. The number of rotatable bonds is 7. The summed E-state index contributed by atoms with van der Waals surface area (Å²) in [6.07, 6.45) is 4.08. The molecule has 3 rings (SSSR count). The lowest BCUT2D eigenvalue weighted by atomic mass is 10.0. The number of benzene rings is 1. The number of halogens is 1. The number of esters is 1. The second-order valence-corrected chi connectivity index (χ2v) is 8.83. The van der Waals surface area contributed by atoms with E-state index in [2.05, 4.69) is 10.2 Å². The van der Waals surface area contributed by atoms with E-state index in [0.717, 1.165) is 35.6 Å². The van der Waals surface area contributed by atoms with E-state index >= 15 is 0 Å². The highest BCUT2D eigenvalue weighted by Crippen LogP contribution is 2.40. The predicted octanol–water partition coefficient (Wildman–Crippen LogP) is 5.37. The normalized spacial score (nSPS) is 14.6. The van der Waals surface area contributed by atoms with E-state index in [0.29, 0.717) is 22.0 Å². The van der Waals surface area contributed by atoms with Crippen molar-refractivity contribution < 1.29 is 14.3 Å². The molecule has 2 heterocycles. The molecule has 1 amide bonds. The van der Waals surface area contributed by atoms with Gasteiger partial charge < -0.3 is 15.0 Å². The van der Waals surface area contributed by atoms with E-state index in [1.54, 1.807) is 19.1 Å². The van der Waals surface area contributed by atoms with Gasteiger partial charge >= 0.3 is 5.97 Å². The van der Waals surface area contributed by atoms with Crippen LogP contribution in [0.25, 0.3) is 11.1 Å². The molecular formula is C22H27ClN2O3S. The summed E-state index contributed by atoms with van der Waals surface area (Å²) in [5.41, 5.74) is 2.08. The van der Waals surface area contributed by atoms with Crippen LogP contribution in [0.1, 0.15) is 47.8 Å². The molecule has 0 spiro atoms. The van der Waals surface area contributed by atoms with Crippen molar-refractivity contribution >= 4 is 39.8 Å². The van der Waals surface area contributed by atoms with Crippen LogP contribution in [0.15, 0.2) is 24.3 Å². The highest BCUT2D eigenvalue weighted by molar-refractivity contribution is 7.17. The third kappa shape index (κ3) is 5.59. The summed E-state index contributed by atoms with van der Waals surface area (Å²) in [6, 6.07) is 7.34. The fourth-order valence-electron chi connectivity index (χ4n) is 3.63. The van der Waals surface area contributed by atoms with E-state index < -0.39 is 5.97 Å². The molecule has 1 aliphatic heterocycles. The molecule has 156 valence electrons. The highest BCUT2D eigenvalue weighted by Gasteiger charge is 2.25. The Balaban J connectivity index is 1.81. The molecule has 2 aromatic rings. The van der Waals surface area contributed by atoms with E-state index in [1.165, 1.54) is 30.6 Å². The number of thiophene rings is 1. The summed E-state index contributed by atoms with van der Waals surface area (Å²) >= 11 is 7.42. The van der Waals surface area contributed by atoms with Crippen molar-refractivity contribution in [3.63, 3.8) is 0 Å². The summed E-state index contributed by atoms with van der Waals surface area (Å²) in [4.78, 5) is 28.6. The van der Waals surface area contributed by atoms with Crippen molar-refractivity contribution in [3.05, 3.63) is 39.7 Å². The van der Waals surface area contributed by atoms with Crippen LogP contribution in [-0.2, 0) is 9.53 Å². The predicted molar refractivity (Wildman–Crippen MR) is 119 cm³/mol. The van der Waals surface area contributed by atoms with Crippen LogP contribution in [0.3, 0.4) is 0 Å². The molecule has 7 heteroatoms.